The molecule has 0 saturated carbocycles. The second kappa shape index (κ2) is 5.71. The van der Waals surface area contributed by atoms with Crippen LogP contribution in [0.15, 0.2) is 60.7 Å². The monoisotopic (exact) mass is 276 g/mol. The highest BCUT2D eigenvalue weighted by atomic mass is 16.3. The number of hydrogen-bond acceptors (Lipinski definition) is 1. The fourth-order valence-electron chi connectivity index (χ4n) is 2.94. The molecule has 106 valence electrons. The summed E-state index contributed by atoms with van der Waals surface area (Å²) in [6, 6.07) is 20.8. The molecule has 0 bridgehead atoms. The number of aryl methyl sites for hydroxylation is 2. The maximum Gasteiger partial charge on any atom is 0.0836 e. The molecular weight excluding hydrogens is 256 g/mol. The third-order valence-electron chi connectivity index (χ3n) is 4.05. The van der Waals surface area contributed by atoms with Crippen molar-refractivity contribution in [3.05, 3.63) is 82.9 Å². The van der Waals surface area contributed by atoms with E-state index in [0.717, 1.165) is 10.9 Å². The summed E-state index contributed by atoms with van der Waals surface area (Å²) in [6.07, 6.45) is 0.173. The Bertz CT molecular complexity index is 774. The van der Waals surface area contributed by atoms with Gasteiger partial charge in [0, 0.05) is 6.42 Å². The van der Waals surface area contributed by atoms with Crippen molar-refractivity contribution in [2.24, 2.45) is 0 Å². The van der Waals surface area contributed by atoms with Gasteiger partial charge in [-0.05, 0) is 41.3 Å². The summed E-state index contributed by atoms with van der Waals surface area (Å²) in [5.41, 5.74) is 4.66. The van der Waals surface area contributed by atoms with Crippen molar-refractivity contribution < 1.29 is 5.11 Å². The van der Waals surface area contributed by atoms with Crippen LogP contribution in [0.1, 0.15) is 28.4 Å². The average molecular weight is 276 g/mol. The minimum atomic E-state index is -0.475. The first-order valence-electron chi connectivity index (χ1n) is 7.37. The third kappa shape index (κ3) is 2.84. The van der Waals surface area contributed by atoms with Crippen molar-refractivity contribution in [1.29, 1.82) is 0 Å². The van der Waals surface area contributed by atoms with Crippen LogP contribution in [0.3, 0.4) is 0 Å². The Morgan fingerprint density at radius 3 is 2.38 bits per heavy atom. The van der Waals surface area contributed by atoms with Gasteiger partial charge in [-0.1, -0.05) is 66.2 Å². The molecule has 3 rings (SSSR count). The number of aliphatic hydroxyl groups is 1. The number of hydrogen-bond donors (Lipinski definition) is 1. The van der Waals surface area contributed by atoms with E-state index in [2.05, 4.69) is 56.3 Å². The number of fused-ring (bicyclic) bond motifs is 1. The summed E-state index contributed by atoms with van der Waals surface area (Å²) in [4.78, 5) is 0. The van der Waals surface area contributed by atoms with E-state index in [9.17, 15) is 5.11 Å². The summed E-state index contributed by atoms with van der Waals surface area (Å²) < 4.78 is 0. The van der Waals surface area contributed by atoms with Crippen LogP contribution in [-0.2, 0) is 6.42 Å². The van der Waals surface area contributed by atoms with Gasteiger partial charge < -0.3 is 5.11 Å². The second-order valence-electron chi connectivity index (χ2n) is 5.73. The highest BCUT2D eigenvalue weighted by Gasteiger charge is 2.13. The van der Waals surface area contributed by atoms with Crippen LogP contribution in [0.4, 0.5) is 0 Å². The van der Waals surface area contributed by atoms with Crippen LogP contribution in [-0.4, -0.2) is 5.11 Å². The van der Waals surface area contributed by atoms with Gasteiger partial charge in [0.15, 0.2) is 0 Å². The summed E-state index contributed by atoms with van der Waals surface area (Å²) in [5.74, 6) is 0. The number of aliphatic hydroxyl groups excluding tert-OH is 1. The van der Waals surface area contributed by atoms with Crippen LogP contribution in [0.5, 0.6) is 0 Å². The molecule has 0 heterocycles. The summed E-state index contributed by atoms with van der Waals surface area (Å²) in [6.45, 7) is 4.19. The summed E-state index contributed by atoms with van der Waals surface area (Å²) in [5, 5.41) is 13.0. The molecule has 0 aliphatic heterocycles. The SMILES string of the molecule is Cc1cccc(CC(O)c2ccc(C)c3ccccc23)c1. The quantitative estimate of drug-likeness (QED) is 0.733. The predicted molar refractivity (Wildman–Crippen MR) is 88.5 cm³/mol. The molecule has 3 aromatic rings. The van der Waals surface area contributed by atoms with Gasteiger partial charge in [0.2, 0.25) is 0 Å². The van der Waals surface area contributed by atoms with Crippen LogP contribution in [0, 0.1) is 13.8 Å². The Balaban J connectivity index is 1.98. The van der Waals surface area contributed by atoms with Gasteiger partial charge in [-0.15, -0.1) is 0 Å². The van der Waals surface area contributed by atoms with Crippen LogP contribution in [0.2, 0.25) is 0 Å². The fraction of sp³-hybridized carbons (Fsp3) is 0.200. The third-order valence-corrected chi connectivity index (χ3v) is 4.05. The molecular formula is C20H20O. The molecule has 0 aliphatic carbocycles. The van der Waals surface area contributed by atoms with Crippen LogP contribution >= 0.6 is 0 Å². The van der Waals surface area contributed by atoms with Crippen molar-refractivity contribution in [2.75, 3.05) is 0 Å². The van der Waals surface area contributed by atoms with Crippen molar-refractivity contribution >= 4 is 10.8 Å². The Morgan fingerprint density at radius 1 is 0.857 bits per heavy atom. The fourth-order valence-corrected chi connectivity index (χ4v) is 2.94. The van der Waals surface area contributed by atoms with E-state index < -0.39 is 6.10 Å². The molecule has 3 aromatic carbocycles. The van der Waals surface area contributed by atoms with Crippen LogP contribution in [0.25, 0.3) is 10.8 Å². The van der Waals surface area contributed by atoms with Gasteiger partial charge >= 0.3 is 0 Å². The van der Waals surface area contributed by atoms with E-state index in [0.29, 0.717) is 6.42 Å². The lowest BCUT2D eigenvalue weighted by atomic mass is 9.94. The van der Waals surface area contributed by atoms with Gasteiger partial charge in [-0.3, -0.25) is 0 Å². The molecule has 0 spiro atoms. The van der Waals surface area contributed by atoms with Crippen molar-refractivity contribution in [2.45, 2.75) is 26.4 Å². The predicted octanol–water partition coefficient (Wildman–Crippen LogP) is 4.73. The van der Waals surface area contributed by atoms with E-state index >= 15 is 0 Å². The summed E-state index contributed by atoms with van der Waals surface area (Å²) >= 11 is 0. The first-order chi connectivity index (χ1) is 10.1. The Hall–Kier alpha value is -2.12. The molecule has 1 unspecified atom stereocenters. The van der Waals surface area contributed by atoms with E-state index in [1.165, 1.54) is 22.1 Å². The highest BCUT2D eigenvalue weighted by Crippen LogP contribution is 2.28. The number of benzene rings is 3. The maximum atomic E-state index is 10.7. The molecule has 0 radical (unpaired) electrons. The minimum absolute atomic E-state index is 0.475. The molecule has 0 fully saturated rings. The topological polar surface area (TPSA) is 20.2 Å². The van der Waals surface area contributed by atoms with Crippen molar-refractivity contribution in [1.82, 2.24) is 0 Å². The van der Waals surface area contributed by atoms with Gasteiger partial charge in [-0.25, -0.2) is 0 Å². The molecule has 0 amide bonds. The minimum Gasteiger partial charge on any atom is -0.388 e. The Morgan fingerprint density at radius 2 is 1.62 bits per heavy atom. The lowest BCUT2D eigenvalue weighted by Gasteiger charge is -2.15. The Labute approximate surface area is 125 Å². The zero-order valence-electron chi connectivity index (χ0n) is 12.5. The van der Waals surface area contributed by atoms with Crippen molar-refractivity contribution in [3.8, 4) is 0 Å². The average Bonchev–Trinajstić information content (AvgIpc) is 2.48. The first-order valence-corrected chi connectivity index (χ1v) is 7.37. The van der Waals surface area contributed by atoms with E-state index in [4.69, 9.17) is 0 Å². The zero-order chi connectivity index (χ0) is 14.8. The van der Waals surface area contributed by atoms with E-state index in [1.54, 1.807) is 0 Å². The smallest absolute Gasteiger partial charge is 0.0836 e. The molecule has 1 atom stereocenters. The molecule has 0 aromatic heterocycles. The van der Waals surface area contributed by atoms with Crippen LogP contribution < -0.4 is 0 Å². The maximum absolute atomic E-state index is 10.7. The van der Waals surface area contributed by atoms with E-state index in [1.807, 2.05) is 18.2 Å². The van der Waals surface area contributed by atoms with Gasteiger partial charge in [-0.2, -0.15) is 0 Å². The zero-order valence-corrected chi connectivity index (χ0v) is 12.5. The normalized spacial score (nSPS) is 12.5. The lowest BCUT2D eigenvalue weighted by Crippen LogP contribution is -2.03. The molecule has 1 N–H and O–H groups in total. The van der Waals surface area contributed by atoms with E-state index in [-0.39, 0.29) is 0 Å². The highest BCUT2D eigenvalue weighted by molar-refractivity contribution is 5.88. The summed E-state index contributed by atoms with van der Waals surface area (Å²) in [7, 11) is 0. The lowest BCUT2D eigenvalue weighted by molar-refractivity contribution is 0.180. The molecule has 21 heavy (non-hydrogen) atoms. The van der Waals surface area contributed by atoms with Gasteiger partial charge in [0.1, 0.15) is 0 Å². The van der Waals surface area contributed by atoms with Crippen molar-refractivity contribution in [3.63, 3.8) is 0 Å². The number of rotatable bonds is 3. The molecule has 1 nitrogen and oxygen atoms in total. The molecule has 0 aliphatic rings. The standard InChI is InChI=1S/C20H20O/c1-14-6-5-7-16(12-14)13-20(21)19-11-10-15(2)17-8-3-4-9-18(17)19/h3-12,20-21H,13H2,1-2H3. The van der Waals surface area contributed by atoms with Gasteiger partial charge in [0.05, 0.1) is 6.10 Å². The molecule has 0 saturated heterocycles. The largest absolute Gasteiger partial charge is 0.388 e. The molecule has 1 heteroatoms. The first kappa shape index (κ1) is 13.8. The Kier molecular flexibility index (Phi) is 3.76. The second-order valence-corrected chi connectivity index (χ2v) is 5.73. The van der Waals surface area contributed by atoms with Gasteiger partial charge in [0.25, 0.3) is 0 Å².